The van der Waals surface area contributed by atoms with Crippen molar-refractivity contribution in [3.8, 4) is 11.3 Å². The second-order valence-corrected chi connectivity index (χ2v) is 7.26. The normalized spacial score (nSPS) is 24.8. The third kappa shape index (κ3) is 2.27. The molecule has 1 N–H and O–H groups in total. The number of alkyl halides is 2. The molecule has 2 saturated heterocycles. The van der Waals surface area contributed by atoms with Crippen LogP contribution in [0.4, 0.5) is 14.7 Å². The minimum atomic E-state index is -2.87. The van der Waals surface area contributed by atoms with Gasteiger partial charge in [-0.25, -0.2) is 9.97 Å². The van der Waals surface area contributed by atoms with Gasteiger partial charge in [0.1, 0.15) is 5.69 Å². The van der Waals surface area contributed by atoms with E-state index in [4.69, 9.17) is 0 Å². The molecule has 6 nitrogen and oxygen atoms in total. The number of nitrogens with one attached hydrogen (secondary N) is 1. The largest absolute Gasteiger partial charge is 0.338 e. The molecule has 2 aliphatic heterocycles. The number of nitrogens with zero attached hydrogens (tertiary/aromatic N) is 5. The van der Waals surface area contributed by atoms with Crippen molar-refractivity contribution in [2.24, 2.45) is 0 Å². The molecule has 1 aliphatic carbocycles. The van der Waals surface area contributed by atoms with E-state index in [9.17, 15) is 8.78 Å². The Kier molecular flexibility index (Phi) is 3.16. The molecule has 132 valence electrons. The van der Waals surface area contributed by atoms with Crippen molar-refractivity contribution in [3.63, 3.8) is 0 Å². The fraction of sp³-hybridized carbons (Fsp3) is 0.588. The molecule has 0 saturated carbocycles. The van der Waals surface area contributed by atoms with Crippen LogP contribution in [0.3, 0.4) is 0 Å². The summed E-state index contributed by atoms with van der Waals surface area (Å²) in [5.74, 6) is -2.45. The SMILES string of the molecule is CC1CCN1c1nc(-c2cnn(C3CNC3)c2)c2c(n1)C(F)(F)CC2. The Morgan fingerprint density at radius 2 is 2.12 bits per heavy atom. The van der Waals surface area contributed by atoms with E-state index >= 15 is 0 Å². The standard InChI is InChI=1S/C17H20F2N6/c1-10-3-5-24(10)16-22-14(13-2-4-17(18,19)15(13)23-16)11-6-21-25(9-11)12-7-20-8-12/h6,9-10,12,20H,2-5,7-8H2,1H3. The fourth-order valence-electron chi connectivity index (χ4n) is 3.71. The Labute approximate surface area is 144 Å². The molecule has 2 aromatic rings. The highest BCUT2D eigenvalue weighted by molar-refractivity contribution is 5.66. The zero-order valence-corrected chi connectivity index (χ0v) is 14.0. The number of rotatable bonds is 3. The molecule has 0 radical (unpaired) electrons. The van der Waals surface area contributed by atoms with E-state index in [-0.39, 0.29) is 12.1 Å². The first kappa shape index (κ1) is 15.2. The molecule has 0 amide bonds. The second kappa shape index (κ2) is 5.20. The summed E-state index contributed by atoms with van der Waals surface area (Å²) in [6.07, 6.45) is 4.82. The van der Waals surface area contributed by atoms with Crippen molar-refractivity contribution >= 4 is 5.95 Å². The lowest BCUT2D eigenvalue weighted by atomic mass is 10.1. The summed E-state index contributed by atoms with van der Waals surface area (Å²) in [6, 6.07) is 0.629. The van der Waals surface area contributed by atoms with Crippen molar-refractivity contribution in [1.29, 1.82) is 0 Å². The van der Waals surface area contributed by atoms with Gasteiger partial charge in [-0.15, -0.1) is 0 Å². The van der Waals surface area contributed by atoms with E-state index in [1.54, 1.807) is 6.20 Å². The van der Waals surface area contributed by atoms with E-state index < -0.39 is 5.92 Å². The zero-order valence-electron chi connectivity index (χ0n) is 14.0. The van der Waals surface area contributed by atoms with Gasteiger partial charge in [-0.05, 0) is 19.8 Å². The van der Waals surface area contributed by atoms with Crippen LogP contribution in [0.2, 0.25) is 0 Å². The van der Waals surface area contributed by atoms with E-state index in [1.807, 2.05) is 15.8 Å². The number of fused-ring (bicyclic) bond motifs is 1. The lowest BCUT2D eigenvalue weighted by Crippen LogP contribution is -2.47. The summed E-state index contributed by atoms with van der Waals surface area (Å²) in [5, 5.41) is 7.63. The molecule has 5 rings (SSSR count). The summed E-state index contributed by atoms with van der Waals surface area (Å²) >= 11 is 0. The Balaban J connectivity index is 1.61. The van der Waals surface area contributed by atoms with Crippen LogP contribution in [0.1, 0.15) is 37.1 Å². The molecule has 8 heteroatoms. The molecule has 0 spiro atoms. The van der Waals surface area contributed by atoms with E-state index in [0.717, 1.165) is 31.6 Å². The molecule has 0 aromatic carbocycles. The highest BCUT2D eigenvalue weighted by atomic mass is 19.3. The van der Waals surface area contributed by atoms with Crippen molar-refractivity contribution in [2.45, 2.75) is 44.2 Å². The molecule has 1 unspecified atom stereocenters. The van der Waals surface area contributed by atoms with Gasteiger partial charge in [-0.3, -0.25) is 4.68 Å². The summed E-state index contributed by atoms with van der Waals surface area (Å²) in [6.45, 7) is 4.66. The number of halogens is 2. The van der Waals surface area contributed by atoms with Gasteiger partial charge in [0, 0.05) is 49.4 Å². The first-order valence-electron chi connectivity index (χ1n) is 8.84. The van der Waals surface area contributed by atoms with Crippen LogP contribution >= 0.6 is 0 Å². The highest BCUT2D eigenvalue weighted by Crippen LogP contribution is 2.44. The predicted molar refractivity (Wildman–Crippen MR) is 88.8 cm³/mol. The number of aromatic nitrogens is 4. The average Bonchev–Trinajstić information content (AvgIpc) is 3.09. The van der Waals surface area contributed by atoms with Crippen LogP contribution in [0.25, 0.3) is 11.3 Å². The smallest absolute Gasteiger partial charge is 0.290 e. The maximum Gasteiger partial charge on any atom is 0.290 e. The summed E-state index contributed by atoms with van der Waals surface area (Å²) in [5.41, 5.74) is 1.91. The molecule has 3 aliphatic rings. The van der Waals surface area contributed by atoms with Crippen LogP contribution in [0.15, 0.2) is 12.4 Å². The van der Waals surface area contributed by atoms with Crippen LogP contribution < -0.4 is 10.2 Å². The Hall–Kier alpha value is -2.09. The fourth-order valence-corrected chi connectivity index (χ4v) is 3.71. The molecule has 2 fully saturated rings. The monoisotopic (exact) mass is 346 g/mol. The summed E-state index contributed by atoms with van der Waals surface area (Å²) in [7, 11) is 0. The third-order valence-corrected chi connectivity index (χ3v) is 5.62. The molecule has 2 aromatic heterocycles. The second-order valence-electron chi connectivity index (χ2n) is 7.26. The van der Waals surface area contributed by atoms with E-state index in [1.165, 1.54) is 0 Å². The maximum atomic E-state index is 14.4. The van der Waals surface area contributed by atoms with Gasteiger partial charge in [0.2, 0.25) is 5.95 Å². The molecule has 1 atom stereocenters. The van der Waals surface area contributed by atoms with Gasteiger partial charge >= 0.3 is 0 Å². The van der Waals surface area contributed by atoms with Crippen molar-refractivity contribution in [2.75, 3.05) is 24.5 Å². The highest BCUT2D eigenvalue weighted by Gasteiger charge is 2.44. The number of anilines is 1. The molecule has 0 bridgehead atoms. The Bertz CT molecular complexity index is 829. The van der Waals surface area contributed by atoms with Gasteiger partial charge in [-0.1, -0.05) is 0 Å². The van der Waals surface area contributed by atoms with Crippen LogP contribution in [0, 0.1) is 0 Å². The Morgan fingerprint density at radius 3 is 2.76 bits per heavy atom. The quantitative estimate of drug-likeness (QED) is 0.923. The first-order chi connectivity index (χ1) is 12.0. The lowest BCUT2D eigenvalue weighted by Gasteiger charge is -2.39. The number of hydrogen-bond donors (Lipinski definition) is 1. The van der Waals surface area contributed by atoms with Crippen molar-refractivity contribution in [1.82, 2.24) is 25.1 Å². The minimum Gasteiger partial charge on any atom is -0.338 e. The Morgan fingerprint density at radius 1 is 1.28 bits per heavy atom. The zero-order chi connectivity index (χ0) is 17.2. The van der Waals surface area contributed by atoms with Crippen LogP contribution in [0.5, 0.6) is 0 Å². The maximum absolute atomic E-state index is 14.4. The lowest BCUT2D eigenvalue weighted by molar-refractivity contribution is -0.00595. The predicted octanol–water partition coefficient (Wildman–Crippen LogP) is 2.12. The average molecular weight is 346 g/mol. The van der Waals surface area contributed by atoms with Crippen molar-refractivity contribution in [3.05, 3.63) is 23.7 Å². The van der Waals surface area contributed by atoms with Gasteiger partial charge in [0.05, 0.1) is 17.9 Å². The third-order valence-electron chi connectivity index (χ3n) is 5.62. The summed E-state index contributed by atoms with van der Waals surface area (Å²) < 4.78 is 30.6. The van der Waals surface area contributed by atoms with Gasteiger partial charge in [0.25, 0.3) is 5.92 Å². The van der Waals surface area contributed by atoms with Gasteiger partial charge < -0.3 is 10.2 Å². The molecule has 4 heterocycles. The molecular formula is C17H20F2N6. The van der Waals surface area contributed by atoms with Crippen molar-refractivity contribution < 1.29 is 8.78 Å². The van der Waals surface area contributed by atoms with Gasteiger partial charge in [-0.2, -0.15) is 13.9 Å². The topological polar surface area (TPSA) is 58.9 Å². The van der Waals surface area contributed by atoms with Crippen LogP contribution in [-0.4, -0.2) is 45.4 Å². The molecular weight excluding hydrogens is 326 g/mol. The first-order valence-corrected chi connectivity index (χ1v) is 8.84. The molecule has 25 heavy (non-hydrogen) atoms. The van der Waals surface area contributed by atoms with Gasteiger partial charge in [0.15, 0.2) is 0 Å². The van der Waals surface area contributed by atoms with Crippen LogP contribution in [-0.2, 0) is 12.3 Å². The number of hydrogen-bond acceptors (Lipinski definition) is 5. The summed E-state index contributed by atoms with van der Waals surface area (Å²) in [4.78, 5) is 10.9. The van der Waals surface area contributed by atoms with E-state index in [2.05, 4.69) is 27.3 Å². The van der Waals surface area contributed by atoms with E-state index in [0.29, 0.717) is 35.7 Å². The minimum absolute atomic E-state index is 0.0929.